The Kier molecular flexibility index (Phi) is 3.74. The van der Waals surface area contributed by atoms with Gasteiger partial charge >= 0.3 is 0 Å². The fourth-order valence-corrected chi connectivity index (χ4v) is 1.77. The van der Waals surface area contributed by atoms with Gasteiger partial charge in [-0.2, -0.15) is 0 Å². The number of rotatable bonds is 2. The minimum absolute atomic E-state index is 0.0353. The van der Waals surface area contributed by atoms with Crippen molar-refractivity contribution in [3.63, 3.8) is 0 Å². The van der Waals surface area contributed by atoms with Crippen LogP contribution >= 0.6 is 0 Å². The van der Waals surface area contributed by atoms with Gasteiger partial charge in [-0.05, 0) is 24.6 Å². The van der Waals surface area contributed by atoms with Crippen LogP contribution < -0.4 is 5.73 Å². The first-order chi connectivity index (χ1) is 8.31. The zero-order chi connectivity index (χ0) is 12.1. The Balaban J connectivity index is 2.36. The van der Waals surface area contributed by atoms with E-state index in [1.54, 1.807) is 6.20 Å². The van der Waals surface area contributed by atoms with E-state index in [0.29, 0.717) is 0 Å². The molecule has 2 aromatic rings. The third-order valence-corrected chi connectivity index (χ3v) is 2.64. The molecule has 0 aliphatic carbocycles. The summed E-state index contributed by atoms with van der Waals surface area (Å²) in [5.74, 6) is 6.25. The Morgan fingerprint density at radius 1 is 1.29 bits per heavy atom. The van der Waals surface area contributed by atoms with Crippen LogP contribution in [0, 0.1) is 11.8 Å². The molecule has 0 radical (unpaired) electrons. The van der Waals surface area contributed by atoms with Gasteiger partial charge in [-0.15, -0.1) is 0 Å². The maximum Gasteiger partial charge on any atom is 0.0714 e. The lowest BCUT2D eigenvalue weighted by molar-refractivity contribution is 0.720. The Morgan fingerprint density at radius 3 is 3.00 bits per heavy atom. The SMILES string of the molecule is CCCC(N)C#Cc1cccc2ncccc12. The zero-order valence-corrected chi connectivity index (χ0v) is 9.98. The van der Waals surface area contributed by atoms with Crippen LogP contribution in [-0.2, 0) is 0 Å². The molecule has 0 aliphatic rings. The number of pyridine rings is 1. The summed E-state index contributed by atoms with van der Waals surface area (Å²) in [6.45, 7) is 2.11. The first kappa shape index (κ1) is 11.6. The van der Waals surface area contributed by atoms with Crippen LogP contribution in [0.5, 0.6) is 0 Å². The summed E-state index contributed by atoms with van der Waals surface area (Å²) in [6, 6.07) is 9.91. The molecular formula is C15H16N2. The van der Waals surface area contributed by atoms with Crippen LogP contribution in [0.3, 0.4) is 0 Å². The maximum absolute atomic E-state index is 5.89. The van der Waals surface area contributed by atoms with Gasteiger partial charge in [0, 0.05) is 17.1 Å². The largest absolute Gasteiger partial charge is 0.318 e. The number of aromatic nitrogens is 1. The molecule has 0 aliphatic heterocycles. The lowest BCUT2D eigenvalue weighted by Crippen LogP contribution is -2.16. The average Bonchev–Trinajstić information content (AvgIpc) is 2.36. The maximum atomic E-state index is 5.89. The van der Waals surface area contributed by atoms with E-state index in [2.05, 4.69) is 23.7 Å². The van der Waals surface area contributed by atoms with Crippen molar-refractivity contribution in [1.29, 1.82) is 0 Å². The second-order valence-corrected chi connectivity index (χ2v) is 4.04. The van der Waals surface area contributed by atoms with E-state index in [9.17, 15) is 0 Å². The molecule has 0 amide bonds. The van der Waals surface area contributed by atoms with E-state index in [-0.39, 0.29) is 6.04 Å². The summed E-state index contributed by atoms with van der Waals surface area (Å²) in [7, 11) is 0. The number of benzene rings is 1. The van der Waals surface area contributed by atoms with Gasteiger partial charge in [0.2, 0.25) is 0 Å². The Bertz CT molecular complexity index is 558. The molecule has 1 heterocycles. The second-order valence-electron chi connectivity index (χ2n) is 4.04. The molecule has 0 fully saturated rings. The summed E-state index contributed by atoms with van der Waals surface area (Å²) in [4.78, 5) is 4.31. The molecule has 0 bridgehead atoms. The minimum Gasteiger partial charge on any atom is -0.318 e. The van der Waals surface area contributed by atoms with E-state index in [4.69, 9.17) is 5.73 Å². The van der Waals surface area contributed by atoms with E-state index >= 15 is 0 Å². The monoisotopic (exact) mass is 224 g/mol. The molecular weight excluding hydrogens is 208 g/mol. The third-order valence-electron chi connectivity index (χ3n) is 2.64. The molecule has 2 nitrogen and oxygen atoms in total. The quantitative estimate of drug-likeness (QED) is 0.797. The second kappa shape index (κ2) is 5.47. The first-order valence-corrected chi connectivity index (χ1v) is 5.92. The van der Waals surface area contributed by atoms with Crippen molar-refractivity contribution < 1.29 is 0 Å². The number of hydrogen-bond donors (Lipinski definition) is 1. The van der Waals surface area contributed by atoms with Crippen LogP contribution in [0.1, 0.15) is 25.3 Å². The molecule has 0 saturated heterocycles. The van der Waals surface area contributed by atoms with Gasteiger partial charge in [0.25, 0.3) is 0 Å². The lowest BCUT2D eigenvalue weighted by atomic mass is 10.1. The molecule has 1 aromatic carbocycles. The number of hydrogen-bond acceptors (Lipinski definition) is 2. The fourth-order valence-electron chi connectivity index (χ4n) is 1.77. The molecule has 86 valence electrons. The molecule has 1 aromatic heterocycles. The average molecular weight is 224 g/mol. The summed E-state index contributed by atoms with van der Waals surface area (Å²) in [6.07, 6.45) is 3.80. The standard InChI is InChI=1S/C15H16N2/c1-2-5-13(16)10-9-12-6-3-8-15-14(12)7-4-11-17-15/h3-4,6-8,11,13H,2,5,16H2,1H3. The van der Waals surface area contributed by atoms with Crippen molar-refractivity contribution in [3.8, 4) is 11.8 Å². The van der Waals surface area contributed by atoms with Gasteiger partial charge < -0.3 is 5.73 Å². The van der Waals surface area contributed by atoms with Gasteiger partial charge in [0.05, 0.1) is 11.6 Å². The highest BCUT2D eigenvalue weighted by molar-refractivity contribution is 5.84. The Labute approximate surface area is 102 Å². The third kappa shape index (κ3) is 2.83. The highest BCUT2D eigenvalue weighted by Crippen LogP contribution is 2.15. The molecule has 1 unspecified atom stereocenters. The summed E-state index contributed by atoms with van der Waals surface area (Å²) in [5.41, 5.74) is 7.86. The minimum atomic E-state index is -0.0353. The molecule has 2 N–H and O–H groups in total. The highest BCUT2D eigenvalue weighted by atomic mass is 14.6. The van der Waals surface area contributed by atoms with Crippen molar-refractivity contribution in [2.45, 2.75) is 25.8 Å². The summed E-state index contributed by atoms with van der Waals surface area (Å²) in [5, 5.41) is 1.09. The number of nitrogens with zero attached hydrogens (tertiary/aromatic N) is 1. The van der Waals surface area contributed by atoms with Crippen LogP contribution in [0.4, 0.5) is 0 Å². The predicted molar refractivity (Wildman–Crippen MR) is 71.5 cm³/mol. The highest BCUT2D eigenvalue weighted by Gasteiger charge is 1.98. The topological polar surface area (TPSA) is 38.9 Å². The smallest absolute Gasteiger partial charge is 0.0714 e. The molecule has 2 heteroatoms. The Hall–Kier alpha value is -1.85. The van der Waals surface area contributed by atoms with Crippen molar-refractivity contribution in [3.05, 3.63) is 42.1 Å². The molecule has 0 spiro atoms. The lowest BCUT2D eigenvalue weighted by Gasteiger charge is -2.01. The van der Waals surface area contributed by atoms with Gasteiger partial charge in [0.1, 0.15) is 0 Å². The van der Waals surface area contributed by atoms with E-state index < -0.39 is 0 Å². The predicted octanol–water partition coefficient (Wildman–Crippen LogP) is 2.71. The van der Waals surface area contributed by atoms with Gasteiger partial charge in [-0.1, -0.05) is 37.3 Å². The molecule has 2 rings (SSSR count). The molecule has 1 atom stereocenters. The van der Waals surface area contributed by atoms with Crippen molar-refractivity contribution >= 4 is 10.9 Å². The van der Waals surface area contributed by atoms with E-state index in [1.165, 1.54) is 0 Å². The van der Waals surface area contributed by atoms with Crippen molar-refractivity contribution in [2.75, 3.05) is 0 Å². The van der Waals surface area contributed by atoms with Gasteiger partial charge in [0.15, 0.2) is 0 Å². The summed E-state index contributed by atoms with van der Waals surface area (Å²) >= 11 is 0. The Morgan fingerprint density at radius 2 is 2.18 bits per heavy atom. The van der Waals surface area contributed by atoms with Crippen molar-refractivity contribution in [2.24, 2.45) is 5.73 Å². The first-order valence-electron chi connectivity index (χ1n) is 5.92. The molecule has 17 heavy (non-hydrogen) atoms. The normalized spacial score (nSPS) is 11.9. The van der Waals surface area contributed by atoms with E-state index in [0.717, 1.165) is 29.3 Å². The van der Waals surface area contributed by atoms with Crippen molar-refractivity contribution in [1.82, 2.24) is 4.98 Å². The van der Waals surface area contributed by atoms with Crippen LogP contribution in [0.2, 0.25) is 0 Å². The van der Waals surface area contributed by atoms with Gasteiger partial charge in [-0.3, -0.25) is 4.98 Å². The van der Waals surface area contributed by atoms with E-state index in [1.807, 2.05) is 30.3 Å². The number of fused-ring (bicyclic) bond motifs is 1. The van der Waals surface area contributed by atoms with Gasteiger partial charge in [-0.25, -0.2) is 0 Å². The summed E-state index contributed by atoms with van der Waals surface area (Å²) < 4.78 is 0. The fraction of sp³-hybridized carbons (Fsp3) is 0.267. The molecule has 0 saturated carbocycles. The van der Waals surface area contributed by atoms with Crippen LogP contribution in [0.15, 0.2) is 36.5 Å². The number of nitrogens with two attached hydrogens (primary N) is 1. The zero-order valence-electron chi connectivity index (χ0n) is 9.98. The van der Waals surface area contributed by atoms with Crippen LogP contribution in [-0.4, -0.2) is 11.0 Å². The van der Waals surface area contributed by atoms with Crippen LogP contribution in [0.25, 0.3) is 10.9 Å².